The number of carbonyl (C=O) groups excluding carboxylic acids is 1. The van der Waals surface area contributed by atoms with Crippen LogP contribution in [0, 0.1) is 5.92 Å². The Kier molecular flexibility index (Phi) is 5.62. The molecule has 124 valence electrons. The summed E-state index contributed by atoms with van der Waals surface area (Å²) in [4.78, 5) is 14.8. The highest BCUT2D eigenvalue weighted by Crippen LogP contribution is 2.30. The van der Waals surface area contributed by atoms with E-state index in [-0.39, 0.29) is 23.8 Å². The van der Waals surface area contributed by atoms with Crippen molar-refractivity contribution in [3.05, 3.63) is 17.5 Å². The fourth-order valence-corrected chi connectivity index (χ4v) is 2.95. The number of hydrogen-bond donors (Lipinski definition) is 0. The lowest BCUT2D eigenvalue weighted by atomic mass is 9.91. The molecule has 1 saturated heterocycles. The molecule has 5 nitrogen and oxygen atoms in total. The van der Waals surface area contributed by atoms with E-state index in [9.17, 15) is 4.79 Å². The van der Waals surface area contributed by atoms with Crippen molar-refractivity contribution in [3.8, 4) is 0 Å². The average Bonchev–Trinajstić information content (AvgIpc) is 3.08. The van der Waals surface area contributed by atoms with Crippen LogP contribution in [-0.4, -0.2) is 41.8 Å². The van der Waals surface area contributed by atoms with Crippen LogP contribution in [0.25, 0.3) is 0 Å². The molecule has 0 saturated carbocycles. The first-order valence-electron chi connectivity index (χ1n) is 8.30. The summed E-state index contributed by atoms with van der Waals surface area (Å²) in [6.07, 6.45) is 1.08. The van der Waals surface area contributed by atoms with E-state index >= 15 is 0 Å². The van der Waals surface area contributed by atoms with E-state index in [1.54, 1.807) is 0 Å². The van der Waals surface area contributed by atoms with Crippen LogP contribution in [0.4, 0.5) is 0 Å². The number of aromatic nitrogens is 1. The van der Waals surface area contributed by atoms with Gasteiger partial charge in [-0.25, -0.2) is 0 Å². The predicted molar refractivity (Wildman–Crippen MR) is 84.8 cm³/mol. The van der Waals surface area contributed by atoms with E-state index in [1.165, 1.54) is 0 Å². The van der Waals surface area contributed by atoms with Gasteiger partial charge in [-0.15, -0.1) is 0 Å². The summed E-state index contributed by atoms with van der Waals surface area (Å²) in [6, 6.07) is 1.93. The number of ether oxygens (including phenoxy) is 1. The summed E-state index contributed by atoms with van der Waals surface area (Å²) in [5, 5.41) is 4.10. The van der Waals surface area contributed by atoms with Crippen molar-refractivity contribution in [1.82, 2.24) is 10.1 Å². The summed E-state index contributed by atoms with van der Waals surface area (Å²) >= 11 is 0. The molecule has 1 aromatic heterocycles. The van der Waals surface area contributed by atoms with Crippen LogP contribution in [0.3, 0.4) is 0 Å². The Bertz CT molecular complexity index is 496. The van der Waals surface area contributed by atoms with Crippen LogP contribution >= 0.6 is 0 Å². The molecule has 1 amide bonds. The number of nitrogens with zero attached hydrogens (tertiary/aromatic N) is 2. The fraction of sp³-hybridized carbons (Fsp3) is 0.765. The van der Waals surface area contributed by atoms with Gasteiger partial charge in [0.15, 0.2) is 0 Å². The third-order valence-corrected chi connectivity index (χ3v) is 4.24. The molecule has 0 aromatic carbocycles. The maximum Gasteiger partial charge on any atom is 0.233 e. The molecule has 2 heterocycles. The van der Waals surface area contributed by atoms with Crippen molar-refractivity contribution in [2.24, 2.45) is 5.92 Å². The second-order valence-electron chi connectivity index (χ2n) is 6.68. The minimum absolute atomic E-state index is 0.128. The maximum atomic E-state index is 12.9. The van der Waals surface area contributed by atoms with E-state index in [1.807, 2.05) is 17.9 Å². The van der Waals surface area contributed by atoms with Crippen LogP contribution < -0.4 is 0 Å². The number of rotatable bonds is 6. The lowest BCUT2D eigenvalue weighted by Crippen LogP contribution is -2.36. The van der Waals surface area contributed by atoms with E-state index in [2.05, 4.69) is 32.9 Å². The molecule has 5 heteroatoms. The summed E-state index contributed by atoms with van der Waals surface area (Å²) in [5.74, 6) is 1.02. The number of hydrogen-bond acceptors (Lipinski definition) is 4. The van der Waals surface area contributed by atoms with E-state index < -0.39 is 0 Å². The highest BCUT2D eigenvalue weighted by atomic mass is 16.5. The smallest absolute Gasteiger partial charge is 0.233 e. The normalized spacial score (nSPS) is 20.1. The third kappa shape index (κ3) is 3.69. The first kappa shape index (κ1) is 17.0. The van der Waals surface area contributed by atoms with Crippen LogP contribution in [0.5, 0.6) is 0 Å². The van der Waals surface area contributed by atoms with Crippen molar-refractivity contribution in [1.29, 1.82) is 0 Å². The van der Waals surface area contributed by atoms with Crippen LogP contribution in [-0.2, 0) is 9.53 Å². The zero-order valence-corrected chi connectivity index (χ0v) is 14.3. The largest absolute Gasteiger partial charge is 0.377 e. The van der Waals surface area contributed by atoms with Gasteiger partial charge in [0.2, 0.25) is 5.91 Å². The highest BCUT2D eigenvalue weighted by molar-refractivity contribution is 5.83. The van der Waals surface area contributed by atoms with Crippen LogP contribution in [0.1, 0.15) is 64.3 Å². The molecule has 1 aromatic rings. The van der Waals surface area contributed by atoms with Crippen molar-refractivity contribution in [2.45, 2.75) is 59.0 Å². The Morgan fingerprint density at radius 1 is 1.45 bits per heavy atom. The Morgan fingerprint density at radius 2 is 2.18 bits per heavy atom. The summed E-state index contributed by atoms with van der Waals surface area (Å²) < 4.78 is 11.1. The molecule has 1 aliphatic heterocycles. The Labute approximate surface area is 133 Å². The molecule has 2 atom stereocenters. The lowest BCUT2D eigenvalue weighted by molar-refractivity contribution is -0.133. The Morgan fingerprint density at radius 3 is 2.73 bits per heavy atom. The van der Waals surface area contributed by atoms with Gasteiger partial charge in [0, 0.05) is 25.8 Å². The lowest BCUT2D eigenvalue weighted by Gasteiger charge is -2.24. The van der Waals surface area contributed by atoms with Gasteiger partial charge in [-0.1, -0.05) is 32.9 Å². The van der Waals surface area contributed by atoms with Crippen molar-refractivity contribution >= 4 is 5.91 Å². The molecule has 1 fully saturated rings. The number of likely N-dealkylation sites (tertiary alicyclic amines) is 1. The molecule has 2 rings (SSSR count). The van der Waals surface area contributed by atoms with Gasteiger partial charge in [0.25, 0.3) is 0 Å². The van der Waals surface area contributed by atoms with Crippen LogP contribution in [0.15, 0.2) is 10.6 Å². The zero-order chi connectivity index (χ0) is 16.3. The topological polar surface area (TPSA) is 55.6 Å². The molecular formula is C17H28N2O3. The third-order valence-electron chi connectivity index (χ3n) is 4.24. The van der Waals surface area contributed by atoms with Gasteiger partial charge in [0.1, 0.15) is 11.7 Å². The van der Waals surface area contributed by atoms with Crippen molar-refractivity contribution in [2.75, 3.05) is 19.7 Å². The van der Waals surface area contributed by atoms with Gasteiger partial charge in [-0.05, 0) is 25.2 Å². The molecule has 0 N–H and O–H groups in total. The van der Waals surface area contributed by atoms with Gasteiger partial charge >= 0.3 is 0 Å². The first-order chi connectivity index (χ1) is 10.4. The maximum absolute atomic E-state index is 12.9. The van der Waals surface area contributed by atoms with Crippen molar-refractivity contribution in [3.63, 3.8) is 0 Å². The van der Waals surface area contributed by atoms with Gasteiger partial charge < -0.3 is 14.2 Å². The number of amides is 1. The van der Waals surface area contributed by atoms with Gasteiger partial charge in [0.05, 0.1) is 11.8 Å². The molecule has 0 aliphatic carbocycles. The highest BCUT2D eigenvalue weighted by Gasteiger charge is 2.35. The molecule has 22 heavy (non-hydrogen) atoms. The zero-order valence-electron chi connectivity index (χ0n) is 14.3. The minimum Gasteiger partial charge on any atom is -0.377 e. The SMILES string of the molecule is CCOC1CCN(C(=O)C(c2cc(C(C)C)no2)C(C)C)C1. The predicted octanol–water partition coefficient (Wildman–Crippen LogP) is 3.18. The fourth-order valence-electron chi connectivity index (χ4n) is 2.95. The summed E-state index contributed by atoms with van der Waals surface area (Å²) in [7, 11) is 0. The molecule has 0 bridgehead atoms. The van der Waals surface area contributed by atoms with Crippen molar-refractivity contribution < 1.29 is 14.1 Å². The summed E-state index contributed by atoms with van der Waals surface area (Å²) in [5.41, 5.74) is 0.905. The standard InChI is InChI=1S/C17H28N2O3/c1-6-21-13-7-8-19(10-13)17(20)16(12(4)5)15-9-14(11(2)3)18-22-15/h9,11-13,16H,6-8,10H2,1-5H3. The monoisotopic (exact) mass is 308 g/mol. The second kappa shape index (κ2) is 7.27. The molecule has 0 radical (unpaired) electrons. The van der Waals surface area contributed by atoms with E-state index in [4.69, 9.17) is 9.26 Å². The van der Waals surface area contributed by atoms with Gasteiger partial charge in [-0.2, -0.15) is 0 Å². The second-order valence-corrected chi connectivity index (χ2v) is 6.68. The molecular weight excluding hydrogens is 280 g/mol. The molecule has 2 unspecified atom stereocenters. The van der Waals surface area contributed by atoms with E-state index in [0.29, 0.717) is 24.8 Å². The molecule has 0 spiro atoms. The quantitative estimate of drug-likeness (QED) is 0.810. The number of carbonyl (C=O) groups is 1. The first-order valence-corrected chi connectivity index (χ1v) is 8.30. The van der Waals surface area contributed by atoms with E-state index in [0.717, 1.165) is 18.7 Å². The Hall–Kier alpha value is -1.36. The van der Waals surface area contributed by atoms with Crippen LogP contribution in [0.2, 0.25) is 0 Å². The Balaban J connectivity index is 2.12. The van der Waals surface area contributed by atoms with Gasteiger partial charge in [-0.3, -0.25) is 4.79 Å². The average molecular weight is 308 g/mol. The minimum atomic E-state index is -0.264. The summed E-state index contributed by atoms with van der Waals surface area (Å²) in [6.45, 7) is 12.4. The molecule has 1 aliphatic rings.